The summed E-state index contributed by atoms with van der Waals surface area (Å²) in [7, 11) is -2.04. The molecule has 4 rings (SSSR count). The number of carbonyl (C=O) groups excluding carboxylic acids is 1. The van der Waals surface area contributed by atoms with Gasteiger partial charge >= 0.3 is 0 Å². The summed E-state index contributed by atoms with van der Waals surface area (Å²) in [5.41, 5.74) is 2.52. The molecule has 2 N–H and O–H groups in total. The van der Waals surface area contributed by atoms with Crippen LogP contribution in [0.2, 0.25) is 0 Å². The van der Waals surface area contributed by atoms with Gasteiger partial charge in [0.05, 0.1) is 42.7 Å². The third-order valence-corrected chi connectivity index (χ3v) is 6.07. The van der Waals surface area contributed by atoms with Crippen LogP contribution in [0.1, 0.15) is 20.9 Å². The lowest BCUT2D eigenvalue weighted by atomic mass is 10.1. The van der Waals surface area contributed by atoms with Gasteiger partial charge in [-0.15, -0.1) is 11.3 Å². The topological polar surface area (TPSA) is 115 Å². The zero-order valence-electron chi connectivity index (χ0n) is 17.6. The number of carbonyl (C=O) groups is 1. The summed E-state index contributed by atoms with van der Waals surface area (Å²) in [6.07, 6.45) is 2.70. The molecule has 0 fully saturated rings. The number of ether oxygens (including phenoxy) is 1. The van der Waals surface area contributed by atoms with Crippen molar-refractivity contribution in [1.29, 1.82) is 0 Å². The SMILES string of the molecule is COc1cc(NC(=O)c2cc(C)nc3c2cnn3Cc2cccs2)ccc1NS(C)(=O)=O. The van der Waals surface area contributed by atoms with Crippen LogP contribution in [0.25, 0.3) is 11.0 Å². The first-order chi connectivity index (χ1) is 15.2. The number of nitrogens with one attached hydrogen (secondary N) is 2. The first kappa shape index (κ1) is 21.8. The molecule has 4 aromatic rings. The smallest absolute Gasteiger partial charge is 0.256 e. The molecule has 0 aliphatic heterocycles. The highest BCUT2D eigenvalue weighted by Crippen LogP contribution is 2.29. The van der Waals surface area contributed by atoms with Gasteiger partial charge in [0.2, 0.25) is 10.0 Å². The largest absolute Gasteiger partial charge is 0.494 e. The van der Waals surface area contributed by atoms with Crippen LogP contribution in [0.3, 0.4) is 0 Å². The molecule has 0 aliphatic carbocycles. The number of fused-ring (bicyclic) bond motifs is 1. The Morgan fingerprint density at radius 3 is 2.75 bits per heavy atom. The molecule has 0 unspecified atom stereocenters. The highest BCUT2D eigenvalue weighted by molar-refractivity contribution is 7.92. The molecular formula is C21H21N5O4S2. The lowest BCUT2D eigenvalue weighted by Crippen LogP contribution is -2.14. The predicted octanol–water partition coefficient (Wildman–Crippen LogP) is 3.48. The Kier molecular flexibility index (Phi) is 5.85. The van der Waals surface area contributed by atoms with Gasteiger partial charge in [-0.2, -0.15) is 5.10 Å². The van der Waals surface area contributed by atoms with Crippen molar-refractivity contribution in [3.05, 3.63) is 64.1 Å². The lowest BCUT2D eigenvalue weighted by molar-refractivity contribution is 0.102. The monoisotopic (exact) mass is 471 g/mol. The van der Waals surface area contributed by atoms with Crippen molar-refractivity contribution >= 4 is 49.7 Å². The van der Waals surface area contributed by atoms with Crippen LogP contribution in [0, 0.1) is 6.92 Å². The van der Waals surface area contributed by atoms with Crippen LogP contribution in [-0.4, -0.2) is 42.5 Å². The minimum absolute atomic E-state index is 0.282. The highest BCUT2D eigenvalue weighted by atomic mass is 32.2. The van der Waals surface area contributed by atoms with Crippen molar-refractivity contribution < 1.29 is 17.9 Å². The van der Waals surface area contributed by atoms with Crippen molar-refractivity contribution in [2.75, 3.05) is 23.4 Å². The van der Waals surface area contributed by atoms with Crippen LogP contribution in [-0.2, 0) is 16.6 Å². The van der Waals surface area contributed by atoms with E-state index >= 15 is 0 Å². The number of benzene rings is 1. The van der Waals surface area contributed by atoms with Crippen LogP contribution in [0.4, 0.5) is 11.4 Å². The normalized spacial score (nSPS) is 11.5. The Hall–Kier alpha value is -3.44. The van der Waals surface area contributed by atoms with E-state index in [4.69, 9.17) is 4.74 Å². The summed E-state index contributed by atoms with van der Waals surface area (Å²) in [4.78, 5) is 18.8. The quantitative estimate of drug-likeness (QED) is 0.426. The molecule has 0 aliphatic rings. The number of hydrogen-bond donors (Lipinski definition) is 2. The third-order valence-electron chi connectivity index (χ3n) is 4.62. The van der Waals surface area contributed by atoms with Gasteiger partial charge in [-0.3, -0.25) is 9.52 Å². The number of aryl methyl sites for hydroxylation is 1. The Balaban J connectivity index is 1.63. The van der Waals surface area contributed by atoms with E-state index in [2.05, 4.69) is 20.1 Å². The van der Waals surface area contributed by atoms with E-state index < -0.39 is 10.0 Å². The molecule has 11 heteroatoms. The molecule has 0 saturated carbocycles. The summed E-state index contributed by atoms with van der Waals surface area (Å²) in [5.74, 6) is -0.0462. The number of nitrogens with zero attached hydrogens (tertiary/aromatic N) is 3. The van der Waals surface area contributed by atoms with E-state index in [0.717, 1.165) is 11.1 Å². The first-order valence-corrected chi connectivity index (χ1v) is 12.3. The number of rotatable bonds is 7. The second kappa shape index (κ2) is 8.60. The summed E-state index contributed by atoms with van der Waals surface area (Å²) in [6, 6.07) is 10.4. The maximum atomic E-state index is 13.1. The van der Waals surface area contributed by atoms with E-state index in [-0.39, 0.29) is 17.3 Å². The number of methoxy groups -OCH3 is 1. The van der Waals surface area contributed by atoms with E-state index in [9.17, 15) is 13.2 Å². The fourth-order valence-corrected chi connectivity index (χ4v) is 4.53. The van der Waals surface area contributed by atoms with Gasteiger partial charge < -0.3 is 10.1 Å². The Labute approximate surface area is 189 Å². The standard InChI is InChI=1S/C21H21N5O4S2/c1-13-9-16(17-11-22-26(20(17)23-13)12-15-5-4-8-31-15)21(27)24-14-6-7-18(19(10-14)30-2)25-32(3,28)29/h4-11,25H,12H2,1-3H3,(H,24,27). The number of hydrogen-bond acceptors (Lipinski definition) is 7. The van der Waals surface area contributed by atoms with Crippen LogP contribution in [0.15, 0.2) is 48.0 Å². The second-order valence-corrected chi connectivity index (χ2v) is 9.95. The number of thiophene rings is 1. The van der Waals surface area contributed by atoms with Gasteiger partial charge in [0, 0.05) is 22.3 Å². The highest BCUT2D eigenvalue weighted by Gasteiger charge is 2.17. The van der Waals surface area contributed by atoms with Crippen molar-refractivity contribution in [2.45, 2.75) is 13.5 Å². The molecule has 0 bridgehead atoms. The van der Waals surface area contributed by atoms with Gasteiger partial charge in [-0.25, -0.2) is 18.1 Å². The molecule has 166 valence electrons. The zero-order chi connectivity index (χ0) is 22.9. The molecular weight excluding hydrogens is 450 g/mol. The molecule has 9 nitrogen and oxygen atoms in total. The molecule has 0 spiro atoms. The number of anilines is 2. The first-order valence-electron chi connectivity index (χ1n) is 9.56. The summed E-state index contributed by atoms with van der Waals surface area (Å²) >= 11 is 1.63. The van der Waals surface area contributed by atoms with Gasteiger partial charge in [-0.1, -0.05) is 6.07 Å². The third kappa shape index (κ3) is 4.73. The van der Waals surface area contributed by atoms with Gasteiger partial charge in [-0.05, 0) is 36.6 Å². The minimum Gasteiger partial charge on any atom is -0.494 e. The van der Waals surface area contributed by atoms with Crippen molar-refractivity contribution in [2.24, 2.45) is 0 Å². The van der Waals surface area contributed by atoms with Crippen LogP contribution < -0.4 is 14.8 Å². The molecule has 1 aromatic carbocycles. The van der Waals surface area contributed by atoms with E-state index in [1.807, 2.05) is 24.4 Å². The number of amides is 1. The van der Waals surface area contributed by atoms with Crippen LogP contribution >= 0.6 is 11.3 Å². The van der Waals surface area contributed by atoms with E-state index in [1.165, 1.54) is 13.2 Å². The summed E-state index contributed by atoms with van der Waals surface area (Å²) in [5, 5.41) is 9.92. The molecule has 0 saturated heterocycles. The van der Waals surface area contributed by atoms with E-state index in [0.29, 0.717) is 34.5 Å². The molecule has 32 heavy (non-hydrogen) atoms. The molecule has 3 heterocycles. The number of aromatic nitrogens is 3. The fourth-order valence-electron chi connectivity index (χ4n) is 3.28. The van der Waals surface area contributed by atoms with Gasteiger partial charge in [0.25, 0.3) is 5.91 Å². The van der Waals surface area contributed by atoms with Crippen molar-refractivity contribution in [1.82, 2.24) is 14.8 Å². The van der Waals surface area contributed by atoms with E-state index in [1.54, 1.807) is 40.4 Å². The Morgan fingerprint density at radius 2 is 2.06 bits per heavy atom. The lowest BCUT2D eigenvalue weighted by Gasteiger charge is -2.13. The summed E-state index contributed by atoms with van der Waals surface area (Å²) in [6.45, 7) is 2.40. The number of sulfonamides is 1. The Morgan fingerprint density at radius 1 is 1.25 bits per heavy atom. The molecule has 1 amide bonds. The van der Waals surface area contributed by atoms with Gasteiger partial charge in [0.15, 0.2) is 5.65 Å². The zero-order valence-corrected chi connectivity index (χ0v) is 19.3. The van der Waals surface area contributed by atoms with Crippen LogP contribution in [0.5, 0.6) is 5.75 Å². The maximum absolute atomic E-state index is 13.1. The molecule has 0 atom stereocenters. The fraction of sp³-hybridized carbons (Fsp3) is 0.190. The average Bonchev–Trinajstić information content (AvgIpc) is 3.38. The second-order valence-electron chi connectivity index (χ2n) is 7.17. The van der Waals surface area contributed by atoms with Crippen molar-refractivity contribution in [3.8, 4) is 5.75 Å². The van der Waals surface area contributed by atoms with Gasteiger partial charge in [0.1, 0.15) is 5.75 Å². The number of pyridine rings is 1. The van der Waals surface area contributed by atoms with Crippen molar-refractivity contribution in [3.63, 3.8) is 0 Å². The molecule has 0 radical (unpaired) electrons. The molecule has 3 aromatic heterocycles. The average molecular weight is 472 g/mol. The maximum Gasteiger partial charge on any atom is 0.256 e. The Bertz CT molecular complexity index is 1400. The summed E-state index contributed by atoms with van der Waals surface area (Å²) < 4.78 is 32.5. The predicted molar refractivity (Wildman–Crippen MR) is 125 cm³/mol. The minimum atomic E-state index is -3.47.